The van der Waals surface area contributed by atoms with E-state index in [0.29, 0.717) is 6.10 Å². The Labute approximate surface area is 130 Å². The van der Waals surface area contributed by atoms with Gasteiger partial charge in [-0.3, -0.25) is 0 Å². The zero-order valence-corrected chi connectivity index (χ0v) is 13.4. The molecule has 0 fully saturated rings. The van der Waals surface area contributed by atoms with Gasteiger partial charge in [0, 0.05) is 0 Å². The van der Waals surface area contributed by atoms with Crippen molar-refractivity contribution in [3.8, 4) is 5.75 Å². The predicted molar refractivity (Wildman–Crippen MR) is 89.8 cm³/mol. The number of hydrogen-bond donors (Lipinski definition) is 1. The number of fused-ring (bicyclic) bond motifs is 1. The Balaban J connectivity index is 1.49. The summed E-state index contributed by atoms with van der Waals surface area (Å²) in [4.78, 5) is 0. The molecule has 2 nitrogen and oxygen atoms in total. The van der Waals surface area contributed by atoms with Crippen LogP contribution in [0.4, 0.5) is 0 Å². The average molecular weight is 289 g/mol. The van der Waals surface area contributed by atoms with Crippen LogP contribution in [0.25, 0.3) is 0 Å². The van der Waals surface area contributed by atoms with Crippen LogP contribution in [-0.2, 0) is 6.42 Å². The molecule has 0 bridgehead atoms. The number of rotatable bonds is 10. The van der Waals surface area contributed by atoms with Crippen molar-refractivity contribution < 1.29 is 4.74 Å². The molecule has 21 heavy (non-hydrogen) atoms. The van der Waals surface area contributed by atoms with Crippen molar-refractivity contribution in [1.82, 2.24) is 0 Å². The maximum absolute atomic E-state index is 6.09. The highest BCUT2D eigenvalue weighted by molar-refractivity contribution is 5.35. The van der Waals surface area contributed by atoms with Gasteiger partial charge in [0.15, 0.2) is 0 Å². The topological polar surface area (TPSA) is 35.2 Å². The van der Waals surface area contributed by atoms with Crippen LogP contribution in [0.1, 0.15) is 69.8 Å². The quantitative estimate of drug-likeness (QED) is 0.625. The van der Waals surface area contributed by atoms with E-state index in [1.54, 1.807) is 0 Å². The molecule has 2 rings (SSSR count). The van der Waals surface area contributed by atoms with E-state index < -0.39 is 0 Å². The molecule has 2 N–H and O–H groups in total. The van der Waals surface area contributed by atoms with Crippen LogP contribution < -0.4 is 10.5 Å². The fraction of sp³-hybridized carbons (Fsp3) is 0.684. The molecule has 1 aromatic rings. The van der Waals surface area contributed by atoms with Crippen LogP contribution in [-0.4, -0.2) is 12.6 Å². The van der Waals surface area contributed by atoms with Crippen molar-refractivity contribution >= 4 is 0 Å². The highest BCUT2D eigenvalue weighted by Gasteiger charge is 2.18. The average Bonchev–Trinajstić information content (AvgIpc) is 2.53. The van der Waals surface area contributed by atoms with Crippen LogP contribution in [0.3, 0.4) is 0 Å². The SMILES string of the molecule is NCCCCCCCCCC[C@@H]1CCc2ccccc2O1. The number of unbranched alkanes of at least 4 members (excludes halogenated alkanes) is 7. The molecule has 0 saturated carbocycles. The van der Waals surface area contributed by atoms with E-state index in [4.69, 9.17) is 10.5 Å². The number of nitrogens with two attached hydrogens (primary N) is 1. The number of aryl methyl sites for hydroxylation is 1. The van der Waals surface area contributed by atoms with Crippen LogP contribution in [0.2, 0.25) is 0 Å². The van der Waals surface area contributed by atoms with Crippen molar-refractivity contribution in [2.75, 3.05) is 6.54 Å². The highest BCUT2D eigenvalue weighted by atomic mass is 16.5. The lowest BCUT2D eigenvalue weighted by atomic mass is 9.98. The fourth-order valence-corrected chi connectivity index (χ4v) is 3.16. The molecule has 1 aliphatic rings. The lowest BCUT2D eigenvalue weighted by Gasteiger charge is -2.26. The molecule has 0 aliphatic carbocycles. The molecule has 0 unspecified atom stereocenters. The van der Waals surface area contributed by atoms with Gasteiger partial charge in [-0.1, -0.05) is 56.7 Å². The van der Waals surface area contributed by atoms with Gasteiger partial charge in [0.2, 0.25) is 0 Å². The maximum atomic E-state index is 6.09. The third kappa shape index (κ3) is 6.09. The zero-order chi connectivity index (χ0) is 14.8. The maximum Gasteiger partial charge on any atom is 0.122 e. The number of benzene rings is 1. The summed E-state index contributed by atoms with van der Waals surface area (Å²) in [5.41, 5.74) is 6.88. The van der Waals surface area contributed by atoms with E-state index in [1.807, 2.05) is 0 Å². The lowest BCUT2D eigenvalue weighted by molar-refractivity contribution is 0.160. The first-order valence-corrected chi connectivity index (χ1v) is 8.85. The second kappa shape index (κ2) is 9.83. The predicted octanol–water partition coefficient (Wildman–Crippen LogP) is 4.85. The largest absolute Gasteiger partial charge is 0.490 e. The minimum atomic E-state index is 0.449. The molecule has 0 radical (unpaired) electrons. The van der Waals surface area contributed by atoms with Gasteiger partial charge in [-0.2, -0.15) is 0 Å². The molecule has 1 heterocycles. The molecule has 1 aliphatic heterocycles. The molecule has 0 saturated heterocycles. The molecule has 2 heteroatoms. The van der Waals surface area contributed by atoms with Crippen molar-refractivity contribution in [2.24, 2.45) is 5.73 Å². The van der Waals surface area contributed by atoms with Crippen LogP contribution in [0, 0.1) is 0 Å². The van der Waals surface area contributed by atoms with Gasteiger partial charge in [-0.05, 0) is 50.3 Å². The summed E-state index contributed by atoms with van der Waals surface area (Å²) < 4.78 is 6.09. The summed E-state index contributed by atoms with van der Waals surface area (Å²) in [5, 5.41) is 0. The molecule has 0 spiro atoms. The molecule has 0 aromatic heterocycles. The van der Waals surface area contributed by atoms with E-state index in [2.05, 4.69) is 24.3 Å². The van der Waals surface area contributed by atoms with Crippen molar-refractivity contribution in [1.29, 1.82) is 0 Å². The monoisotopic (exact) mass is 289 g/mol. The van der Waals surface area contributed by atoms with Gasteiger partial charge < -0.3 is 10.5 Å². The van der Waals surface area contributed by atoms with Gasteiger partial charge in [-0.25, -0.2) is 0 Å². The van der Waals surface area contributed by atoms with Crippen LogP contribution in [0.15, 0.2) is 24.3 Å². The standard InChI is InChI=1S/C19H31NO/c20-16-10-6-4-2-1-3-5-7-12-18-15-14-17-11-8-9-13-19(17)21-18/h8-9,11,13,18H,1-7,10,12,14-16,20H2/t18-/m1/s1. The first kappa shape index (κ1) is 16.4. The second-order valence-corrected chi connectivity index (χ2v) is 6.29. The van der Waals surface area contributed by atoms with E-state index in [-0.39, 0.29) is 0 Å². The molecule has 1 aromatic carbocycles. The summed E-state index contributed by atoms with van der Waals surface area (Å²) in [6, 6.07) is 8.49. The summed E-state index contributed by atoms with van der Waals surface area (Å²) in [6.07, 6.45) is 14.7. The first-order valence-electron chi connectivity index (χ1n) is 8.85. The molecular formula is C19H31NO. The van der Waals surface area contributed by atoms with Gasteiger partial charge in [-0.15, -0.1) is 0 Å². The summed E-state index contributed by atoms with van der Waals surface area (Å²) in [5.74, 6) is 1.12. The third-order valence-electron chi connectivity index (χ3n) is 4.48. The number of para-hydroxylation sites is 1. The summed E-state index contributed by atoms with van der Waals surface area (Å²) >= 11 is 0. The Hall–Kier alpha value is -1.02. The number of ether oxygens (including phenoxy) is 1. The Morgan fingerprint density at radius 2 is 1.57 bits per heavy atom. The fourth-order valence-electron chi connectivity index (χ4n) is 3.16. The molecule has 0 amide bonds. The Morgan fingerprint density at radius 3 is 2.33 bits per heavy atom. The Morgan fingerprint density at radius 1 is 0.905 bits per heavy atom. The number of hydrogen-bond acceptors (Lipinski definition) is 2. The minimum absolute atomic E-state index is 0.449. The molecule has 118 valence electrons. The first-order chi connectivity index (χ1) is 10.4. The van der Waals surface area contributed by atoms with Gasteiger partial charge in [0.05, 0.1) is 6.10 Å². The molecular weight excluding hydrogens is 258 g/mol. The summed E-state index contributed by atoms with van der Waals surface area (Å²) in [6.45, 7) is 0.852. The minimum Gasteiger partial charge on any atom is -0.490 e. The Kier molecular flexibility index (Phi) is 7.66. The lowest BCUT2D eigenvalue weighted by Crippen LogP contribution is -2.22. The normalized spacial score (nSPS) is 17.3. The van der Waals surface area contributed by atoms with Crippen LogP contribution in [0.5, 0.6) is 5.75 Å². The smallest absolute Gasteiger partial charge is 0.122 e. The van der Waals surface area contributed by atoms with Gasteiger partial charge in [0.1, 0.15) is 5.75 Å². The summed E-state index contributed by atoms with van der Waals surface area (Å²) in [7, 11) is 0. The van der Waals surface area contributed by atoms with Crippen molar-refractivity contribution in [3.63, 3.8) is 0 Å². The van der Waals surface area contributed by atoms with E-state index in [9.17, 15) is 0 Å². The molecule has 1 atom stereocenters. The van der Waals surface area contributed by atoms with Crippen molar-refractivity contribution in [2.45, 2.75) is 76.7 Å². The second-order valence-electron chi connectivity index (χ2n) is 6.29. The van der Waals surface area contributed by atoms with Crippen molar-refractivity contribution in [3.05, 3.63) is 29.8 Å². The van der Waals surface area contributed by atoms with E-state index >= 15 is 0 Å². The third-order valence-corrected chi connectivity index (χ3v) is 4.48. The zero-order valence-electron chi connectivity index (χ0n) is 13.4. The van der Waals surface area contributed by atoms with Gasteiger partial charge in [0.25, 0.3) is 0 Å². The van der Waals surface area contributed by atoms with Gasteiger partial charge >= 0.3 is 0 Å². The van der Waals surface area contributed by atoms with Crippen LogP contribution >= 0.6 is 0 Å². The van der Waals surface area contributed by atoms with E-state index in [1.165, 1.54) is 76.2 Å². The van der Waals surface area contributed by atoms with E-state index in [0.717, 1.165) is 12.3 Å². The highest BCUT2D eigenvalue weighted by Crippen LogP contribution is 2.29. The Bertz CT molecular complexity index is 391.